The maximum absolute atomic E-state index is 13.3. The van der Waals surface area contributed by atoms with Crippen molar-refractivity contribution < 1.29 is 23.5 Å². The van der Waals surface area contributed by atoms with Crippen LogP contribution in [-0.2, 0) is 16.2 Å². The normalized spacial score (nSPS) is 17.9. The lowest BCUT2D eigenvalue weighted by Gasteiger charge is -2.38. The van der Waals surface area contributed by atoms with Gasteiger partial charge >= 0.3 is 0 Å². The zero-order chi connectivity index (χ0) is 24.4. The fourth-order valence-electron chi connectivity index (χ4n) is 4.83. The molecule has 3 aromatic rings. The van der Waals surface area contributed by atoms with Gasteiger partial charge in [0.1, 0.15) is 12.4 Å². The highest BCUT2D eigenvalue weighted by Gasteiger charge is 2.40. The Morgan fingerprint density at radius 1 is 1.06 bits per heavy atom. The quantitative estimate of drug-likeness (QED) is 0.485. The number of aromatic nitrogens is 1. The average molecular weight is 473 g/mol. The lowest BCUT2D eigenvalue weighted by Crippen LogP contribution is -2.40. The number of halogens is 1. The van der Waals surface area contributed by atoms with Crippen molar-refractivity contribution in [3.63, 3.8) is 0 Å². The third-order valence-corrected chi connectivity index (χ3v) is 6.48. The first-order valence-electron chi connectivity index (χ1n) is 11.6. The molecule has 1 unspecified atom stereocenters. The van der Waals surface area contributed by atoms with E-state index in [0.29, 0.717) is 42.0 Å². The first-order valence-corrected chi connectivity index (χ1v) is 11.6. The summed E-state index contributed by atoms with van der Waals surface area (Å²) in [5.74, 6) is 0.408. The minimum Gasteiger partial charge on any atom is -0.493 e. The van der Waals surface area contributed by atoms with Gasteiger partial charge in [0.2, 0.25) is 5.91 Å². The van der Waals surface area contributed by atoms with Gasteiger partial charge in [0.25, 0.3) is 0 Å². The van der Waals surface area contributed by atoms with Crippen molar-refractivity contribution in [1.82, 2.24) is 4.98 Å². The number of nitrogens with zero attached hydrogens (tertiary/aromatic N) is 2. The highest BCUT2D eigenvalue weighted by Crippen LogP contribution is 2.44. The maximum atomic E-state index is 13.3. The number of hydrogen-bond donors (Lipinski definition) is 0. The molecule has 1 aliphatic heterocycles. The Labute approximate surface area is 203 Å². The molecular formula is C28H25FN2O4. The van der Waals surface area contributed by atoms with Crippen LogP contribution < -0.4 is 14.4 Å². The summed E-state index contributed by atoms with van der Waals surface area (Å²) in [7, 11) is 1.55. The Kier molecular flexibility index (Phi) is 6.31. The molecule has 0 fully saturated rings. The minimum atomic E-state index is -0.349. The zero-order valence-electron chi connectivity index (χ0n) is 19.4. The van der Waals surface area contributed by atoms with Crippen molar-refractivity contribution in [3.8, 4) is 11.5 Å². The SMILES string of the molecule is COc1cc(C2CC(=O)N(c3cccnc3)C3=C2C(=O)CCC3)ccc1OCc1ccc(F)cc1. The molecule has 2 aliphatic rings. The summed E-state index contributed by atoms with van der Waals surface area (Å²) in [4.78, 5) is 32.2. The largest absolute Gasteiger partial charge is 0.493 e. The molecular weight excluding hydrogens is 447 g/mol. The van der Waals surface area contributed by atoms with Crippen LogP contribution in [0.25, 0.3) is 0 Å². The van der Waals surface area contributed by atoms with E-state index in [2.05, 4.69) is 4.98 Å². The number of Topliss-reactive ketones (excluding diaryl/α,β-unsaturated/α-hetero) is 1. The monoisotopic (exact) mass is 472 g/mol. The predicted molar refractivity (Wildman–Crippen MR) is 129 cm³/mol. The van der Waals surface area contributed by atoms with Crippen LogP contribution in [0.3, 0.4) is 0 Å². The molecule has 5 rings (SSSR count). The Balaban J connectivity index is 1.47. The van der Waals surface area contributed by atoms with Gasteiger partial charge in [0.15, 0.2) is 17.3 Å². The third kappa shape index (κ3) is 4.54. The van der Waals surface area contributed by atoms with E-state index in [9.17, 15) is 14.0 Å². The number of amides is 1. The number of pyridine rings is 1. The zero-order valence-corrected chi connectivity index (χ0v) is 19.4. The Morgan fingerprint density at radius 3 is 2.63 bits per heavy atom. The number of methoxy groups -OCH3 is 1. The second-order valence-corrected chi connectivity index (χ2v) is 8.66. The molecule has 178 valence electrons. The van der Waals surface area contributed by atoms with Crippen LogP contribution in [0.2, 0.25) is 0 Å². The number of carbonyl (C=O) groups is 2. The van der Waals surface area contributed by atoms with Gasteiger partial charge in [-0.15, -0.1) is 0 Å². The van der Waals surface area contributed by atoms with Crippen molar-refractivity contribution >= 4 is 17.4 Å². The molecule has 35 heavy (non-hydrogen) atoms. The number of allylic oxidation sites excluding steroid dienone is 2. The summed E-state index contributed by atoms with van der Waals surface area (Å²) in [5, 5.41) is 0. The van der Waals surface area contributed by atoms with Crippen LogP contribution in [-0.4, -0.2) is 23.8 Å². The Hall–Kier alpha value is -4.00. The van der Waals surface area contributed by atoms with Crippen LogP contribution in [0, 0.1) is 5.82 Å². The molecule has 0 bridgehead atoms. The number of benzene rings is 2. The molecule has 1 amide bonds. The summed E-state index contributed by atoms with van der Waals surface area (Å²) >= 11 is 0. The first kappa shape index (κ1) is 22.8. The van der Waals surface area contributed by atoms with Crippen molar-refractivity contribution in [1.29, 1.82) is 0 Å². The van der Waals surface area contributed by atoms with Gasteiger partial charge in [-0.25, -0.2) is 4.39 Å². The maximum Gasteiger partial charge on any atom is 0.232 e. The lowest BCUT2D eigenvalue weighted by molar-refractivity contribution is -0.119. The molecule has 1 atom stereocenters. The van der Waals surface area contributed by atoms with E-state index in [1.807, 2.05) is 18.2 Å². The number of hydrogen-bond acceptors (Lipinski definition) is 5. The number of carbonyl (C=O) groups excluding carboxylic acids is 2. The molecule has 0 saturated heterocycles. The first-order chi connectivity index (χ1) is 17.0. The summed E-state index contributed by atoms with van der Waals surface area (Å²) in [6.45, 7) is 0.256. The van der Waals surface area contributed by atoms with Crippen molar-refractivity contribution in [2.24, 2.45) is 0 Å². The van der Waals surface area contributed by atoms with Crippen LogP contribution in [0.1, 0.15) is 42.7 Å². The second-order valence-electron chi connectivity index (χ2n) is 8.66. The standard InChI is InChI=1S/C28H25FN2O4/c1-34-26-14-19(9-12-25(26)35-17-18-7-10-20(29)11-8-18)22-15-27(33)31(21-4-3-13-30-16-21)23-5-2-6-24(32)28(22)23/h3-4,7-14,16,22H,2,5-6,15,17H2,1H3. The Bertz CT molecular complexity index is 1290. The van der Waals surface area contributed by atoms with Gasteiger partial charge in [-0.1, -0.05) is 18.2 Å². The van der Waals surface area contributed by atoms with Gasteiger partial charge in [0.05, 0.1) is 19.0 Å². The van der Waals surface area contributed by atoms with Gasteiger partial charge in [0, 0.05) is 36.2 Å². The minimum absolute atomic E-state index is 0.0629. The van der Waals surface area contributed by atoms with E-state index in [1.54, 1.807) is 48.7 Å². The van der Waals surface area contributed by atoms with E-state index in [-0.39, 0.29) is 36.5 Å². The van der Waals surface area contributed by atoms with Crippen molar-refractivity contribution in [3.05, 3.63) is 95.2 Å². The summed E-state index contributed by atoms with van der Waals surface area (Å²) < 4.78 is 24.7. The summed E-state index contributed by atoms with van der Waals surface area (Å²) in [5.41, 5.74) is 3.81. The lowest BCUT2D eigenvalue weighted by atomic mass is 9.77. The van der Waals surface area contributed by atoms with E-state index in [4.69, 9.17) is 9.47 Å². The summed E-state index contributed by atoms with van der Waals surface area (Å²) in [6.07, 6.45) is 5.34. The predicted octanol–water partition coefficient (Wildman–Crippen LogP) is 5.34. The molecule has 6 nitrogen and oxygen atoms in total. The highest BCUT2D eigenvalue weighted by atomic mass is 19.1. The molecule has 0 N–H and O–H groups in total. The molecule has 2 heterocycles. The van der Waals surface area contributed by atoms with E-state index in [1.165, 1.54) is 12.1 Å². The highest BCUT2D eigenvalue weighted by molar-refractivity contribution is 6.07. The van der Waals surface area contributed by atoms with Crippen LogP contribution >= 0.6 is 0 Å². The molecule has 7 heteroatoms. The number of ether oxygens (including phenoxy) is 2. The second kappa shape index (κ2) is 9.70. The van der Waals surface area contributed by atoms with E-state index >= 15 is 0 Å². The molecule has 2 aromatic carbocycles. The fourth-order valence-corrected chi connectivity index (χ4v) is 4.83. The van der Waals surface area contributed by atoms with Gasteiger partial charge in [-0.3, -0.25) is 19.5 Å². The van der Waals surface area contributed by atoms with E-state index in [0.717, 1.165) is 16.8 Å². The average Bonchev–Trinajstić information content (AvgIpc) is 2.88. The van der Waals surface area contributed by atoms with Gasteiger partial charge in [-0.2, -0.15) is 0 Å². The molecule has 1 aromatic heterocycles. The smallest absolute Gasteiger partial charge is 0.232 e. The molecule has 0 radical (unpaired) electrons. The van der Waals surface area contributed by atoms with Gasteiger partial charge in [-0.05, 0) is 60.4 Å². The van der Waals surface area contributed by atoms with E-state index < -0.39 is 0 Å². The van der Waals surface area contributed by atoms with Crippen LogP contribution in [0.15, 0.2) is 78.3 Å². The topological polar surface area (TPSA) is 68.7 Å². The fraction of sp³-hybridized carbons (Fsp3) is 0.250. The van der Waals surface area contributed by atoms with Crippen molar-refractivity contribution in [2.75, 3.05) is 12.0 Å². The Morgan fingerprint density at radius 2 is 1.89 bits per heavy atom. The van der Waals surface area contributed by atoms with Crippen LogP contribution in [0.5, 0.6) is 11.5 Å². The molecule has 1 aliphatic carbocycles. The summed E-state index contributed by atoms with van der Waals surface area (Å²) in [6, 6.07) is 15.3. The number of anilines is 1. The van der Waals surface area contributed by atoms with Gasteiger partial charge < -0.3 is 9.47 Å². The molecule has 0 saturated carbocycles. The van der Waals surface area contributed by atoms with Crippen LogP contribution in [0.4, 0.5) is 10.1 Å². The third-order valence-electron chi connectivity index (χ3n) is 6.48. The van der Waals surface area contributed by atoms with Crippen molar-refractivity contribution in [2.45, 2.75) is 38.2 Å². The number of rotatable bonds is 6. The number of ketones is 1. The molecule has 0 spiro atoms.